The van der Waals surface area contributed by atoms with E-state index >= 15 is 0 Å². The van der Waals surface area contributed by atoms with Gasteiger partial charge in [0.15, 0.2) is 0 Å². The van der Waals surface area contributed by atoms with Gasteiger partial charge in [-0.05, 0) is 44.5 Å². The molecule has 0 aliphatic carbocycles. The van der Waals surface area contributed by atoms with Gasteiger partial charge in [-0.3, -0.25) is 0 Å². The number of fused-ring (bicyclic) bond motifs is 1. The summed E-state index contributed by atoms with van der Waals surface area (Å²) < 4.78 is 5.58. The second kappa shape index (κ2) is 7.10. The Kier molecular flexibility index (Phi) is 4.94. The van der Waals surface area contributed by atoms with E-state index in [9.17, 15) is 0 Å². The molecule has 1 unspecified atom stereocenters. The van der Waals surface area contributed by atoms with Crippen molar-refractivity contribution in [1.29, 1.82) is 0 Å². The average molecular weight is 286 g/mol. The third kappa shape index (κ3) is 3.86. The molecule has 1 saturated heterocycles. The van der Waals surface area contributed by atoms with Crippen molar-refractivity contribution in [3.05, 3.63) is 36.1 Å². The first-order chi connectivity index (χ1) is 10.3. The summed E-state index contributed by atoms with van der Waals surface area (Å²) >= 11 is 0. The van der Waals surface area contributed by atoms with Crippen LogP contribution in [0.3, 0.4) is 0 Å². The fourth-order valence-corrected chi connectivity index (χ4v) is 3.27. The lowest BCUT2D eigenvalue weighted by Gasteiger charge is -2.29. The van der Waals surface area contributed by atoms with Crippen LogP contribution in [0.2, 0.25) is 0 Å². The maximum Gasteiger partial charge on any atom is 0.134 e. The van der Waals surface area contributed by atoms with Gasteiger partial charge in [-0.1, -0.05) is 31.5 Å². The Labute approximate surface area is 127 Å². The zero-order chi connectivity index (χ0) is 14.5. The molecule has 0 amide bonds. The molecule has 2 aromatic rings. The van der Waals surface area contributed by atoms with Crippen molar-refractivity contribution in [2.75, 3.05) is 26.2 Å². The van der Waals surface area contributed by atoms with Gasteiger partial charge in [-0.2, -0.15) is 0 Å². The Hall–Kier alpha value is -1.32. The number of para-hydroxylation sites is 1. The van der Waals surface area contributed by atoms with E-state index in [2.05, 4.69) is 29.3 Å². The van der Waals surface area contributed by atoms with Crippen molar-refractivity contribution in [3.8, 4) is 0 Å². The zero-order valence-electron chi connectivity index (χ0n) is 13.0. The van der Waals surface area contributed by atoms with Gasteiger partial charge in [0.05, 0.1) is 6.26 Å². The number of nitrogens with one attached hydrogen (secondary N) is 1. The fourth-order valence-electron chi connectivity index (χ4n) is 3.27. The van der Waals surface area contributed by atoms with Crippen molar-refractivity contribution >= 4 is 11.0 Å². The molecule has 1 fully saturated rings. The summed E-state index contributed by atoms with van der Waals surface area (Å²) in [5.41, 5.74) is 2.24. The quantitative estimate of drug-likeness (QED) is 0.878. The summed E-state index contributed by atoms with van der Waals surface area (Å²) in [4.78, 5) is 2.61. The number of likely N-dealkylation sites (tertiary alicyclic amines) is 1. The molecule has 1 aromatic heterocycles. The maximum absolute atomic E-state index is 5.58. The highest BCUT2D eigenvalue weighted by Gasteiger charge is 2.13. The largest absolute Gasteiger partial charge is 0.464 e. The van der Waals surface area contributed by atoms with Crippen LogP contribution in [0.25, 0.3) is 11.0 Å². The average Bonchev–Trinajstić information content (AvgIpc) is 2.92. The van der Waals surface area contributed by atoms with Crippen molar-refractivity contribution in [3.63, 3.8) is 0 Å². The minimum atomic E-state index is 0.696. The normalized spacial score (nSPS) is 18.1. The molecule has 1 N–H and O–H groups in total. The van der Waals surface area contributed by atoms with Gasteiger partial charge in [0.2, 0.25) is 0 Å². The van der Waals surface area contributed by atoms with Crippen molar-refractivity contribution in [2.45, 2.75) is 32.7 Å². The highest BCUT2D eigenvalue weighted by atomic mass is 16.3. The minimum Gasteiger partial charge on any atom is -0.464 e. The lowest BCUT2D eigenvalue weighted by Crippen LogP contribution is -2.36. The minimum absolute atomic E-state index is 0.696. The molecule has 0 saturated carbocycles. The number of furan rings is 1. The third-order valence-corrected chi connectivity index (χ3v) is 4.39. The van der Waals surface area contributed by atoms with Crippen LogP contribution in [-0.2, 0) is 6.54 Å². The van der Waals surface area contributed by atoms with Crippen LogP contribution in [0.5, 0.6) is 0 Å². The topological polar surface area (TPSA) is 28.4 Å². The predicted octanol–water partition coefficient (Wildman–Crippen LogP) is 3.64. The van der Waals surface area contributed by atoms with Gasteiger partial charge in [0.1, 0.15) is 5.58 Å². The number of piperidine rings is 1. The smallest absolute Gasteiger partial charge is 0.134 e. The maximum atomic E-state index is 5.58. The van der Waals surface area contributed by atoms with E-state index in [1.54, 1.807) is 0 Å². The molecule has 1 aliphatic rings. The van der Waals surface area contributed by atoms with E-state index < -0.39 is 0 Å². The van der Waals surface area contributed by atoms with E-state index in [0.717, 1.165) is 18.7 Å². The lowest BCUT2D eigenvalue weighted by molar-refractivity contribution is 0.199. The SMILES string of the molecule is CC(CNCc1coc2ccccc12)CN1CCCCC1. The first-order valence-electron chi connectivity index (χ1n) is 8.21. The van der Waals surface area contributed by atoms with Gasteiger partial charge in [0, 0.05) is 24.0 Å². The Morgan fingerprint density at radius 2 is 2.00 bits per heavy atom. The molecule has 0 radical (unpaired) electrons. The first-order valence-corrected chi connectivity index (χ1v) is 8.21. The Bertz CT molecular complexity index is 557. The summed E-state index contributed by atoms with van der Waals surface area (Å²) in [6.07, 6.45) is 6.05. The number of benzene rings is 1. The van der Waals surface area contributed by atoms with Crippen LogP contribution < -0.4 is 5.32 Å². The van der Waals surface area contributed by atoms with Crippen LogP contribution in [0.4, 0.5) is 0 Å². The molecule has 3 rings (SSSR count). The Morgan fingerprint density at radius 3 is 2.86 bits per heavy atom. The number of nitrogens with zero attached hydrogens (tertiary/aromatic N) is 1. The highest BCUT2D eigenvalue weighted by molar-refractivity contribution is 5.80. The molecular formula is C18H26N2O. The molecule has 1 aromatic carbocycles. The molecule has 0 bridgehead atoms. The summed E-state index contributed by atoms with van der Waals surface area (Å²) in [6.45, 7) is 8.10. The summed E-state index contributed by atoms with van der Waals surface area (Å²) in [6, 6.07) is 8.24. The van der Waals surface area contributed by atoms with Gasteiger partial charge in [-0.15, -0.1) is 0 Å². The monoisotopic (exact) mass is 286 g/mol. The Balaban J connectivity index is 1.45. The van der Waals surface area contributed by atoms with Gasteiger partial charge in [0.25, 0.3) is 0 Å². The van der Waals surface area contributed by atoms with Gasteiger partial charge >= 0.3 is 0 Å². The molecule has 2 heterocycles. The number of hydrogen-bond acceptors (Lipinski definition) is 3. The standard InChI is InChI=1S/C18H26N2O/c1-15(13-20-9-5-2-6-10-20)11-19-12-16-14-21-18-8-4-3-7-17(16)18/h3-4,7-8,14-15,19H,2,5-6,9-13H2,1H3. The first kappa shape index (κ1) is 14.6. The van der Waals surface area contributed by atoms with E-state index in [0.29, 0.717) is 5.92 Å². The molecule has 21 heavy (non-hydrogen) atoms. The number of hydrogen-bond donors (Lipinski definition) is 1. The van der Waals surface area contributed by atoms with E-state index in [4.69, 9.17) is 4.42 Å². The van der Waals surface area contributed by atoms with E-state index in [1.165, 1.54) is 49.8 Å². The molecule has 0 spiro atoms. The van der Waals surface area contributed by atoms with Crippen LogP contribution in [-0.4, -0.2) is 31.1 Å². The Morgan fingerprint density at radius 1 is 1.19 bits per heavy atom. The van der Waals surface area contributed by atoms with Crippen molar-refractivity contribution in [1.82, 2.24) is 10.2 Å². The predicted molar refractivity (Wildman–Crippen MR) is 87.4 cm³/mol. The molecule has 114 valence electrons. The molecule has 1 aliphatic heterocycles. The van der Waals surface area contributed by atoms with E-state index in [-0.39, 0.29) is 0 Å². The molecule has 3 heteroatoms. The zero-order valence-corrected chi connectivity index (χ0v) is 13.0. The summed E-state index contributed by atoms with van der Waals surface area (Å²) in [5, 5.41) is 4.81. The summed E-state index contributed by atoms with van der Waals surface area (Å²) in [5.74, 6) is 0.696. The van der Waals surface area contributed by atoms with E-state index in [1.807, 2.05) is 18.4 Å². The van der Waals surface area contributed by atoms with Crippen molar-refractivity contribution < 1.29 is 4.42 Å². The molecule has 1 atom stereocenters. The van der Waals surface area contributed by atoms with Gasteiger partial charge in [-0.25, -0.2) is 0 Å². The van der Waals surface area contributed by atoms with Crippen LogP contribution in [0, 0.1) is 5.92 Å². The van der Waals surface area contributed by atoms with Crippen molar-refractivity contribution in [2.24, 2.45) is 5.92 Å². The lowest BCUT2D eigenvalue weighted by atomic mass is 10.1. The molecule has 3 nitrogen and oxygen atoms in total. The second-order valence-electron chi connectivity index (χ2n) is 6.35. The third-order valence-electron chi connectivity index (χ3n) is 4.39. The summed E-state index contributed by atoms with van der Waals surface area (Å²) in [7, 11) is 0. The van der Waals surface area contributed by atoms with Crippen LogP contribution in [0.15, 0.2) is 34.9 Å². The number of rotatable bonds is 6. The fraction of sp³-hybridized carbons (Fsp3) is 0.556. The van der Waals surface area contributed by atoms with Crippen LogP contribution >= 0.6 is 0 Å². The second-order valence-corrected chi connectivity index (χ2v) is 6.35. The molecular weight excluding hydrogens is 260 g/mol. The highest BCUT2D eigenvalue weighted by Crippen LogP contribution is 2.20. The van der Waals surface area contributed by atoms with Crippen LogP contribution in [0.1, 0.15) is 31.7 Å². The van der Waals surface area contributed by atoms with Gasteiger partial charge < -0.3 is 14.6 Å².